The summed E-state index contributed by atoms with van der Waals surface area (Å²) < 4.78 is 46.2. The van der Waals surface area contributed by atoms with E-state index in [0.29, 0.717) is 19.4 Å². The Bertz CT molecular complexity index is 1150. The van der Waals surface area contributed by atoms with Crippen LogP contribution in [-0.2, 0) is 17.5 Å². The molecule has 1 aliphatic heterocycles. The summed E-state index contributed by atoms with van der Waals surface area (Å²) >= 11 is 0. The summed E-state index contributed by atoms with van der Waals surface area (Å²) in [6.45, 7) is 2.19. The number of nitrogens with zero attached hydrogens (tertiary/aromatic N) is 1. The number of hydrogen-bond acceptors (Lipinski definition) is 3. The molecule has 0 saturated heterocycles. The van der Waals surface area contributed by atoms with Crippen LogP contribution < -0.4 is 10.1 Å². The highest BCUT2D eigenvalue weighted by atomic mass is 19.4. The minimum Gasteiger partial charge on any atom is -0.481 e. The highest BCUT2D eigenvalue weighted by Gasteiger charge is 2.37. The van der Waals surface area contributed by atoms with E-state index < -0.39 is 23.9 Å². The molecule has 0 spiro atoms. The molecule has 1 heterocycles. The van der Waals surface area contributed by atoms with Gasteiger partial charge >= 0.3 is 6.18 Å². The fraction of sp³-hybridized carbons (Fsp3) is 0.280. The maximum atomic E-state index is 13.5. The minimum absolute atomic E-state index is 0.0143. The highest BCUT2D eigenvalue weighted by molar-refractivity contribution is 5.87. The van der Waals surface area contributed by atoms with Gasteiger partial charge in [-0.25, -0.2) is 0 Å². The summed E-state index contributed by atoms with van der Waals surface area (Å²) in [6, 6.07) is 17.0. The summed E-state index contributed by atoms with van der Waals surface area (Å²) in [4.78, 5) is 16.7. The van der Waals surface area contributed by atoms with Gasteiger partial charge in [0, 0.05) is 12.8 Å². The molecule has 3 aromatic rings. The van der Waals surface area contributed by atoms with Crippen molar-refractivity contribution in [1.29, 1.82) is 0 Å². The van der Waals surface area contributed by atoms with Crippen molar-refractivity contribution in [2.24, 2.45) is 4.99 Å². The minimum atomic E-state index is -4.53. The van der Waals surface area contributed by atoms with Gasteiger partial charge in [0.05, 0.1) is 5.56 Å². The van der Waals surface area contributed by atoms with Gasteiger partial charge in [0.2, 0.25) is 0 Å². The number of alkyl halides is 3. The van der Waals surface area contributed by atoms with E-state index in [4.69, 9.17) is 4.74 Å². The molecule has 0 saturated carbocycles. The third-order valence-corrected chi connectivity index (χ3v) is 5.40. The zero-order valence-corrected chi connectivity index (χ0v) is 17.5. The molecule has 0 aliphatic carbocycles. The van der Waals surface area contributed by atoms with Gasteiger partial charge in [-0.15, -0.1) is 0 Å². The molecule has 0 aromatic heterocycles. The summed E-state index contributed by atoms with van der Waals surface area (Å²) in [5.74, 6) is -0.344. The number of fused-ring (bicyclic) bond motifs is 1. The Morgan fingerprint density at radius 3 is 2.59 bits per heavy atom. The van der Waals surface area contributed by atoms with Gasteiger partial charge in [-0.1, -0.05) is 61.9 Å². The van der Waals surface area contributed by atoms with Crippen LogP contribution in [0.3, 0.4) is 0 Å². The number of rotatable bonds is 8. The Morgan fingerprint density at radius 1 is 1.12 bits per heavy atom. The van der Waals surface area contributed by atoms with Crippen LogP contribution in [0.15, 0.2) is 65.7 Å². The van der Waals surface area contributed by atoms with Crippen LogP contribution in [-0.4, -0.2) is 18.2 Å². The van der Waals surface area contributed by atoms with Crippen molar-refractivity contribution in [2.75, 3.05) is 0 Å². The van der Waals surface area contributed by atoms with E-state index in [1.807, 2.05) is 49.4 Å². The largest absolute Gasteiger partial charge is 0.481 e. The van der Waals surface area contributed by atoms with Gasteiger partial charge in [-0.05, 0) is 40.5 Å². The number of carbonyl (C=O) groups excluding carboxylic acids is 1. The predicted molar refractivity (Wildman–Crippen MR) is 118 cm³/mol. The molecule has 3 aromatic carbocycles. The third-order valence-electron chi connectivity index (χ3n) is 5.40. The Balaban J connectivity index is 1.49. The standard InChI is InChI=1S/C25H23F3N2O2/c1-2-6-23(24(31)30-14-17-9-5-8-16-7-3-4-10-19(16)17)32-18-11-12-20(22-15-29-22)21(13-18)25(26,27)28/h3-5,7-13,15,22-23H,2,6,14H2,1H3,(H,30,31). The molecule has 0 fully saturated rings. The zero-order valence-electron chi connectivity index (χ0n) is 17.5. The number of nitrogens with one attached hydrogen (secondary N) is 1. The summed E-state index contributed by atoms with van der Waals surface area (Å²) in [6.07, 6.45) is -2.93. The van der Waals surface area contributed by atoms with Crippen LogP contribution in [0, 0.1) is 0 Å². The van der Waals surface area contributed by atoms with E-state index in [1.165, 1.54) is 18.3 Å². The average Bonchev–Trinajstić information content (AvgIpc) is 3.62. The summed E-state index contributed by atoms with van der Waals surface area (Å²) in [5.41, 5.74) is 0.265. The van der Waals surface area contributed by atoms with Crippen LogP contribution in [0.4, 0.5) is 13.2 Å². The SMILES string of the molecule is CCCC(Oc1ccc(C2C=N2)c(C(F)(F)F)c1)C(=O)NCc1cccc2ccccc12. The molecular weight excluding hydrogens is 417 g/mol. The molecule has 4 nitrogen and oxygen atoms in total. The van der Waals surface area contributed by atoms with Crippen molar-refractivity contribution < 1.29 is 22.7 Å². The number of ether oxygens (including phenoxy) is 1. The van der Waals surface area contributed by atoms with Crippen LogP contribution in [0.2, 0.25) is 0 Å². The predicted octanol–water partition coefficient (Wildman–Crippen LogP) is 5.85. The zero-order chi connectivity index (χ0) is 22.7. The summed E-state index contributed by atoms with van der Waals surface area (Å²) in [5, 5.41) is 4.98. The third kappa shape index (κ3) is 4.93. The molecule has 1 N–H and O–H groups in total. The first-order chi connectivity index (χ1) is 15.4. The van der Waals surface area contributed by atoms with Gasteiger partial charge in [-0.3, -0.25) is 9.79 Å². The first kappa shape index (κ1) is 21.9. The number of benzene rings is 3. The van der Waals surface area contributed by atoms with Gasteiger partial charge in [0.15, 0.2) is 6.10 Å². The van der Waals surface area contributed by atoms with Gasteiger partial charge in [-0.2, -0.15) is 13.2 Å². The molecule has 2 unspecified atom stereocenters. The number of aliphatic imine (C=N–C) groups is 1. The topological polar surface area (TPSA) is 50.7 Å². The van der Waals surface area contributed by atoms with Gasteiger partial charge in [0.25, 0.3) is 5.91 Å². The smallest absolute Gasteiger partial charge is 0.416 e. The van der Waals surface area contributed by atoms with Crippen molar-refractivity contribution in [3.8, 4) is 5.75 Å². The van der Waals surface area contributed by atoms with Crippen molar-refractivity contribution in [2.45, 2.75) is 44.6 Å². The molecule has 4 rings (SSSR count). The van der Waals surface area contributed by atoms with Crippen molar-refractivity contribution >= 4 is 22.9 Å². The molecule has 0 bridgehead atoms. The number of amides is 1. The average molecular weight is 440 g/mol. The molecule has 1 aliphatic rings. The van der Waals surface area contributed by atoms with Crippen molar-refractivity contribution in [3.05, 3.63) is 77.4 Å². The van der Waals surface area contributed by atoms with E-state index in [9.17, 15) is 18.0 Å². The Hall–Kier alpha value is -3.35. The van der Waals surface area contributed by atoms with Crippen LogP contribution in [0.25, 0.3) is 10.8 Å². The molecule has 32 heavy (non-hydrogen) atoms. The van der Waals surface area contributed by atoms with E-state index in [-0.39, 0.29) is 17.2 Å². The van der Waals surface area contributed by atoms with Crippen molar-refractivity contribution in [3.63, 3.8) is 0 Å². The Kier molecular flexibility index (Phi) is 6.17. The molecular formula is C25H23F3N2O2. The van der Waals surface area contributed by atoms with Crippen LogP contribution in [0.1, 0.15) is 42.5 Å². The fourth-order valence-electron chi connectivity index (χ4n) is 3.73. The Morgan fingerprint density at radius 2 is 1.88 bits per heavy atom. The number of carbonyl (C=O) groups is 1. The Labute approximate surface area is 184 Å². The van der Waals surface area contributed by atoms with E-state index in [1.54, 1.807) is 0 Å². The maximum Gasteiger partial charge on any atom is 0.416 e. The molecule has 0 radical (unpaired) electrons. The molecule has 2 atom stereocenters. The first-order valence-electron chi connectivity index (χ1n) is 10.5. The quantitative estimate of drug-likeness (QED) is 0.478. The number of hydrogen-bond donors (Lipinski definition) is 1. The molecule has 7 heteroatoms. The maximum absolute atomic E-state index is 13.5. The lowest BCUT2D eigenvalue weighted by atomic mass is 10.0. The molecule has 1 amide bonds. The van der Waals surface area contributed by atoms with Gasteiger partial charge in [0.1, 0.15) is 11.8 Å². The van der Waals surface area contributed by atoms with E-state index in [2.05, 4.69) is 10.3 Å². The lowest BCUT2D eigenvalue weighted by molar-refractivity contribution is -0.138. The van der Waals surface area contributed by atoms with Crippen LogP contribution >= 0.6 is 0 Å². The fourth-order valence-corrected chi connectivity index (χ4v) is 3.73. The summed E-state index contributed by atoms with van der Waals surface area (Å²) in [7, 11) is 0. The lowest BCUT2D eigenvalue weighted by Crippen LogP contribution is -2.38. The second-order valence-electron chi connectivity index (χ2n) is 7.74. The van der Waals surface area contributed by atoms with Crippen LogP contribution in [0.5, 0.6) is 5.75 Å². The molecule has 166 valence electrons. The second-order valence-corrected chi connectivity index (χ2v) is 7.74. The van der Waals surface area contributed by atoms with E-state index in [0.717, 1.165) is 22.4 Å². The number of halogens is 3. The van der Waals surface area contributed by atoms with E-state index >= 15 is 0 Å². The van der Waals surface area contributed by atoms with Crippen molar-refractivity contribution in [1.82, 2.24) is 5.32 Å². The monoisotopic (exact) mass is 440 g/mol. The first-order valence-corrected chi connectivity index (χ1v) is 10.5. The van der Waals surface area contributed by atoms with Gasteiger partial charge < -0.3 is 10.1 Å². The normalized spacial score (nSPS) is 16.1. The second kappa shape index (κ2) is 9.02. The highest BCUT2D eigenvalue weighted by Crippen LogP contribution is 2.40. The lowest BCUT2D eigenvalue weighted by Gasteiger charge is -2.20.